The van der Waals surface area contributed by atoms with E-state index < -0.39 is 82.1 Å². The summed E-state index contributed by atoms with van der Waals surface area (Å²) in [5.74, 6) is -4.65. The number of ether oxygens (including phenoxy) is 1. The normalized spacial score (nSPS) is 26.9. The highest BCUT2D eigenvalue weighted by atomic mass is 32.2. The Morgan fingerprint density at radius 2 is 1.76 bits per heavy atom. The van der Waals surface area contributed by atoms with Crippen LogP contribution in [0, 0.1) is 17.5 Å². The van der Waals surface area contributed by atoms with E-state index in [4.69, 9.17) is 4.74 Å². The smallest absolute Gasteiger partial charge is 0.394 e. The van der Waals surface area contributed by atoms with Gasteiger partial charge in [0.25, 0.3) is 0 Å². The number of aromatic nitrogens is 4. The van der Waals surface area contributed by atoms with E-state index in [1.165, 1.54) is 0 Å². The third-order valence-electron chi connectivity index (χ3n) is 7.56. The number of halogens is 6. The molecule has 9 nitrogen and oxygen atoms in total. The Bertz CT molecular complexity index is 1400. The maximum absolute atomic E-state index is 14.0. The number of nitrogens with zero attached hydrogens (tertiary/aromatic N) is 4. The van der Waals surface area contributed by atoms with E-state index in [9.17, 15) is 46.8 Å². The first-order valence-corrected chi connectivity index (χ1v) is 13.9. The van der Waals surface area contributed by atoms with Crippen molar-refractivity contribution in [2.45, 2.75) is 72.5 Å². The summed E-state index contributed by atoms with van der Waals surface area (Å²) in [5, 5.41) is 50.0. The van der Waals surface area contributed by atoms with E-state index in [1.54, 1.807) is 0 Å². The van der Waals surface area contributed by atoms with Crippen molar-refractivity contribution in [2.24, 2.45) is 0 Å². The molecule has 3 aromatic rings. The van der Waals surface area contributed by atoms with E-state index in [2.05, 4.69) is 15.3 Å². The lowest BCUT2D eigenvalue weighted by Crippen LogP contribution is -2.55. The van der Waals surface area contributed by atoms with Gasteiger partial charge in [0.15, 0.2) is 17.5 Å². The first-order chi connectivity index (χ1) is 19.8. The van der Waals surface area contributed by atoms with Crippen molar-refractivity contribution in [1.82, 2.24) is 20.0 Å². The topological polar surface area (TPSA) is 134 Å². The first-order valence-electron chi connectivity index (χ1n) is 12.9. The lowest BCUT2D eigenvalue weighted by Gasteiger charge is -2.44. The highest BCUT2D eigenvalue weighted by Crippen LogP contribution is 2.52. The number of pyridine rings is 1. The molecule has 1 aromatic carbocycles. The highest BCUT2D eigenvalue weighted by Gasteiger charge is 2.52. The van der Waals surface area contributed by atoms with Crippen LogP contribution in [0.15, 0.2) is 36.7 Å². The average Bonchev–Trinajstić information content (AvgIpc) is 3.61. The maximum Gasteiger partial charge on any atom is 0.418 e. The summed E-state index contributed by atoms with van der Waals surface area (Å²) in [7, 11) is 0. The summed E-state index contributed by atoms with van der Waals surface area (Å²) >= 11 is 0.672. The Balaban J connectivity index is 1.50. The van der Waals surface area contributed by atoms with Gasteiger partial charge in [-0.15, -0.1) is 16.9 Å². The number of aliphatic hydroxyl groups excluding tert-OH is 3. The van der Waals surface area contributed by atoms with Crippen molar-refractivity contribution < 1.29 is 51.5 Å². The fourth-order valence-corrected chi connectivity index (χ4v) is 7.05. The second kappa shape index (κ2) is 11.7. The van der Waals surface area contributed by atoms with Crippen molar-refractivity contribution in [2.75, 3.05) is 6.61 Å². The molecule has 0 spiro atoms. The van der Waals surface area contributed by atoms with Crippen LogP contribution in [0.3, 0.4) is 0 Å². The molecule has 0 bridgehead atoms. The molecule has 228 valence electrons. The maximum atomic E-state index is 14.0. The summed E-state index contributed by atoms with van der Waals surface area (Å²) in [5.41, 5.74) is -4.92. The highest BCUT2D eigenvalue weighted by molar-refractivity contribution is 8.00. The number of hydrogen-bond acceptors (Lipinski definition) is 9. The van der Waals surface area contributed by atoms with Crippen molar-refractivity contribution in [1.29, 1.82) is 0 Å². The zero-order chi connectivity index (χ0) is 30.4. The summed E-state index contributed by atoms with van der Waals surface area (Å²) in [6.45, 7) is -0.760. The van der Waals surface area contributed by atoms with Crippen LogP contribution in [0.2, 0.25) is 0 Å². The van der Waals surface area contributed by atoms with Crippen LogP contribution in [-0.4, -0.2) is 76.4 Å². The Morgan fingerprint density at radius 1 is 1.10 bits per heavy atom. The summed E-state index contributed by atoms with van der Waals surface area (Å²) in [6.07, 6.45) is -5.78. The molecule has 2 aliphatic rings. The minimum atomic E-state index is -4.80. The zero-order valence-electron chi connectivity index (χ0n) is 21.6. The van der Waals surface area contributed by atoms with Crippen LogP contribution in [0.25, 0.3) is 11.3 Å². The van der Waals surface area contributed by atoms with E-state index >= 15 is 0 Å². The predicted molar refractivity (Wildman–Crippen MR) is 135 cm³/mol. The van der Waals surface area contributed by atoms with Crippen LogP contribution in [-0.2, 0) is 10.9 Å². The standard InChI is InChI=1S/C26H26F6N4O5S/c27-14-8-12(9-15(28)18(14)29)16-10-36(35-34-16)20-21(38)17(11-37)41-24(22(20)39)42-23(25(40)5-1-2-6-25)19-13(26(30,31)32)4-3-7-33-19/h3-4,7-10,17,20-24,37-40H,1-2,5-6,11H2/t17-,20+,21+,22-,23?,24+/m1/s1. The Kier molecular flexibility index (Phi) is 8.57. The van der Waals surface area contributed by atoms with E-state index in [0.717, 1.165) is 29.2 Å². The molecule has 16 heteroatoms. The van der Waals surface area contributed by atoms with Gasteiger partial charge in [-0.1, -0.05) is 18.1 Å². The SMILES string of the molecule is OC[C@H]1O[C@@H](SC(c2ncccc2C(F)(F)F)C2(O)CCCC2)[C@H](O)[C@@H](n2cc(-c3cc(F)c(F)c(F)c3)nn2)[C@H]1O. The van der Waals surface area contributed by atoms with Crippen molar-refractivity contribution in [3.63, 3.8) is 0 Å². The molecule has 42 heavy (non-hydrogen) atoms. The van der Waals surface area contributed by atoms with Crippen molar-refractivity contribution in [3.8, 4) is 11.3 Å². The van der Waals surface area contributed by atoms with Crippen molar-refractivity contribution >= 4 is 11.8 Å². The number of rotatable bonds is 7. The third kappa shape index (κ3) is 5.75. The Morgan fingerprint density at radius 3 is 2.38 bits per heavy atom. The summed E-state index contributed by atoms with van der Waals surface area (Å²) in [6, 6.07) is 1.91. The molecular formula is C26H26F6N4O5S. The molecule has 1 saturated heterocycles. The molecular weight excluding hydrogens is 594 g/mol. The molecule has 0 radical (unpaired) electrons. The molecule has 1 aliphatic carbocycles. The second-order valence-electron chi connectivity index (χ2n) is 10.3. The van der Waals surface area contributed by atoms with Crippen molar-refractivity contribution in [3.05, 3.63) is 65.4 Å². The van der Waals surface area contributed by atoms with Gasteiger partial charge in [0.2, 0.25) is 0 Å². The largest absolute Gasteiger partial charge is 0.418 e. The van der Waals surface area contributed by atoms with Crippen LogP contribution < -0.4 is 0 Å². The summed E-state index contributed by atoms with van der Waals surface area (Å²) in [4.78, 5) is 3.96. The number of aliphatic hydroxyl groups is 4. The van der Waals surface area contributed by atoms with Gasteiger partial charge >= 0.3 is 6.18 Å². The van der Waals surface area contributed by atoms with E-state index in [1.807, 2.05) is 0 Å². The van der Waals surface area contributed by atoms with Gasteiger partial charge in [0.05, 0.1) is 34.9 Å². The van der Waals surface area contributed by atoms with Gasteiger partial charge in [0, 0.05) is 11.8 Å². The lowest BCUT2D eigenvalue weighted by atomic mass is 9.92. The average molecular weight is 621 g/mol. The van der Waals surface area contributed by atoms with Gasteiger partial charge in [-0.3, -0.25) is 4.98 Å². The minimum Gasteiger partial charge on any atom is -0.394 e. The molecule has 3 heterocycles. The van der Waals surface area contributed by atoms with Crippen LogP contribution in [0.4, 0.5) is 26.3 Å². The fourth-order valence-electron chi connectivity index (χ4n) is 5.45. The molecule has 1 unspecified atom stereocenters. The number of alkyl halides is 3. The number of hydrogen-bond donors (Lipinski definition) is 4. The molecule has 5 rings (SSSR count). The van der Waals surface area contributed by atoms with E-state index in [-0.39, 0.29) is 24.1 Å². The van der Waals surface area contributed by atoms with Gasteiger partial charge < -0.3 is 25.2 Å². The Hall–Kier alpha value is -2.76. The zero-order valence-corrected chi connectivity index (χ0v) is 22.4. The van der Waals surface area contributed by atoms with Crippen LogP contribution >= 0.6 is 11.8 Å². The molecule has 2 fully saturated rings. The van der Waals surface area contributed by atoms with Gasteiger partial charge in [0.1, 0.15) is 35.5 Å². The van der Waals surface area contributed by atoms with Gasteiger partial charge in [-0.2, -0.15) is 13.2 Å². The third-order valence-corrected chi connectivity index (χ3v) is 9.16. The molecule has 2 aromatic heterocycles. The van der Waals surface area contributed by atoms with E-state index in [0.29, 0.717) is 36.7 Å². The van der Waals surface area contributed by atoms with Gasteiger partial charge in [-0.25, -0.2) is 17.9 Å². The molecule has 0 amide bonds. The monoisotopic (exact) mass is 620 g/mol. The molecule has 6 atom stereocenters. The summed E-state index contributed by atoms with van der Waals surface area (Å²) < 4.78 is 89.6. The molecule has 1 aliphatic heterocycles. The lowest BCUT2D eigenvalue weighted by molar-refractivity contribution is -0.179. The number of thioether (sulfide) groups is 1. The molecule has 4 N–H and O–H groups in total. The Labute approximate surface area is 239 Å². The predicted octanol–water partition coefficient (Wildman–Crippen LogP) is 3.54. The van der Waals surface area contributed by atoms with Crippen LogP contribution in [0.5, 0.6) is 0 Å². The number of benzene rings is 1. The second-order valence-corrected chi connectivity index (χ2v) is 11.5. The van der Waals surface area contributed by atoms with Crippen LogP contribution in [0.1, 0.15) is 48.2 Å². The fraction of sp³-hybridized carbons (Fsp3) is 0.500. The first kappa shape index (κ1) is 30.7. The molecule has 1 saturated carbocycles. The minimum absolute atomic E-state index is 0.148. The quantitative estimate of drug-likeness (QED) is 0.231. The van der Waals surface area contributed by atoms with Gasteiger partial charge in [-0.05, 0) is 37.1 Å².